The molecule has 2 rings (SSSR count). The van der Waals surface area contributed by atoms with Gasteiger partial charge in [0.25, 0.3) is 0 Å². The zero-order valence-corrected chi connectivity index (χ0v) is 11.6. The molecular formula is C15H25N3. The minimum absolute atomic E-state index is 0.591. The van der Waals surface area contributed by atoms with E-state index in [4.69, 9.17) is 5.73 Å². The van der Waals surface area contributed by atoms with Crippen LogP contribution in [0.15, 0.2) is 12.3 Å². The number of rotatable bonds is 4. The van der Waals surface area contributed by atoms with Gasteiger partial charge in [-0.1, -0.05) is 19.8 Å². The van der Waals surface area contributed by atoms with Gasteiger partial charge in [0.1, 0.15) is 5.82 Å². The fourth-order valence-electron chi connectivity index (χ4n) is 2.94. The summed E-state index contributed by atoms with van der Waals surface area (Å²) in [4.78, 5) is 4.39. The highest BCUT2D eigenvalue weighted by Crippen LogP contribution is 2.29. The Labute approximate surface area is 110 Å². The molecule has 1 aliphatic rings. The minimum atomic E-state index is 0.591. The number of nitrogens with two attached hydrogens (primary N) is 1. The Kier molecular flexibility index (Phi) is 4.45. The maximum Gasteiger partial charge on any atom is 0.129 e. The van der Waals surface area contributed by atoms with E-state index >= 15 is 0 Å². The molecule has 1 aromatic heterocycles. The third kappa shape index (κ3) is 3.37. The van der Waals surface area contributed by atoms with Crippen molar-refractivity contribution in [3.8, 4) is 0 Å². The monoisotopic (exact) mass is 247 g/mol. The quantitative estimate of drug-likeness (QED) is 0.852. The van der Waals surface area contributed by atoms with Crippen LogP contribution in [0.1, 0.15) is 51.0 Å². The zero-order chi connectivity index (χ0) is 13.0. The molecular weight excluding hydrogens is 222 g/mol. The first-order valence-corrected chi connectivity index (χ1v) is 7.17. The molecule has 0 aliphatic heterocycles. The number of hydrogen-bond acceptors (Lipinski definition) is 3. The third-order valence-corrected chi connectivity index (χ3v) is 3.98. The molecule has 1 aromatic rings. The molecule has 3 heteroatoms. The molecule has 0 saturated heterocycles. The van der Waals surface area contributed by atoms with Gasteiger partial charge in [-0.3, -0.25) is 0 Å². The molecule has 0 radical (unpaired) electrons. The topological polar surface area (TPSA) is 50.9 Å². The Morgan fingerprint density at radius 3 is 2.67 bits per heavy atom. The number of anilines is 2. The van der Waals surface area contributed by atoms with Gasteiger partial charge in [-0.25, -0.2) is 4.98 Å². The fraction of sp³-hybridized carbons (Fsp3) is 0.667. The lowest BCUT2D eigenvalue weighted by atomic mass is 9.83. The Balaban J connectivity index is 1.87. The van der Waals surface area contributed by atoms with Crippen molar-refractivity contribution >= 4 is 11.5 Å². The van der Waals surface area contributed by atoms with Gasteiger partial charge in [0.2, 0.25) is 0 Å². The normalized spacial score (nSPS) is 23.9. The smallest absolute Gasteiger partial charge is 0.129 e. The second kappa shape index (κ2) is 6.07. The summed E-state index contributed by atoms with van der Waals surface area (Å²) in [5.74, 6) is 1.96. The summed E-state index contributed by atoms with van der Waals surface area (Å²) in [6.07, 6.45) is 9.72. The van der Waals surface area contributed by atoms with Crippen molar-refractivity contribution in [3.05, 3.63) is 17.8 Å². The first-order chi connectivity index (χ1) is 8.69. The van der Waals surface area contributed by atoms with Gasteiger partial charge in [0.15, 0.2) is 0 Å². The van der Waals surface area contributed by atoms with Gasteiger partial charge in [-0.05, 0) is 50.2 Å². The van der Waals surface area contributed by atoms with Crippen LogP contribution in [0.25, 0.3) is 0 Å². The van der Waals surface area contributed by atoms with Crippen LogP contribution in [-0.2, 0) is 0 Å². The van der Waals surface area contributed by atoms with Crippen LogP contribution in [0.4, 0.5) is 11.5 Å². The standard InChI is InChI=1S/C15H25N3/c1-3-4-12-5-7-14(8-6-12)18-15-11(2)9-13(16)10-17-15/h9-10,12,14H,3-8,16H2,1-2H3,(H,17,18). The first-order valence-electron chi connectivity index (χ1n) is 7.17. The highest BCUT2D eigenvalue weighted by molar-refractivity contribution is 5.51. The Morgan fingerprint density at radius 2 is 2.06 bits per heavy atom. The van der Waals surface area contributed by atoms with E-state index < -0.39 is 0 Å². The summed E-state index contributed by atoms with van der Waals surface area (Å²) in [6, 6.07) is 2.57. The fourth-order valence-corrected chi connectivity index (χ4v) is 2.94. The van der Waals surface area contributed by atoms with Crippen LogP contribution >= 0.6 is 0 Å². The van der Waals surface area contributed by atoms with Crippen LogP contribution in [0, 0.1) is 12.8 Å². The van der Waals surface area contributed by atoms with Gasteiger partial charge >= 0.3 is 0 Å². The lowest BCUT2D eigenvalue weighted by Gasteiger charge is -2.29. The van der Waals surface area contributed by atoms with E-state index in [9.17, 15) is 0 Å². The van der Waals surface area contributed by atoms with Gasteiger partial charge < -0.3 is 11.1 Å². The minimum Gasteiger partial charge on any atom is -0.397 e. The summed E-state index contributed by atoms with van der Waals surface area (Å²) < 4.78 is 0. The molecule has 0 amide bonds. The van der Waals surface area contributed by atoms with E-state index in [2.05, 4.69) is 24.1 Å². The highest BCUT2D eigenvalue weighted by Gasteiger charge is 2.20. The summed E-state index contributed by atoms with van der Waals surface area (Å²) in [6.45, 7) is 4.35. The van der Waals surface area contributed by atoms with Gasteiger partial charge in [-0.2, -0.15) is 0 Å². The van der Waals surface area contributed by atoms with Crippen molar-refractivity contribution in [1.82, 2.24) is 4.98 Å². The summed E-state index contributed by atoms with van der Waals surface area (Å²) in [5, 5.41) is 3.57. The lowest BCUT2D eigenvalue weighted by molar-refractivity contribution is 0.318. The van der Waals surface area contributed by atoms with E-state index in [1.54, 1.807) is 6.20 Å². The molecule has 1 saturated carbocycles. The second-order valence-corrected chi connectivity index (χ2v) is 5.58. The summed E-state index contributed by atoms with van der Waals surface area (Å²) in [7, 11) is 0. The van der Waals surface area contributed by atoms with E-state index in [-0.39, 0.29) is 0 Å². The van der Waals surface area contributed by atoms with E-state index in [0.717, 1.165) is 23.0 Å². The third-order valence-electron chi connectivity index (χ3n) is 3.98. The van der Waals surface area contributed by atoms with Crippen LogP contribution in [0.5, 0.6) is 0 Å². The largest absolute Gasteiger partial charge is 0.397 e. The van der Waals surface area contributed by atoms with Crippen LogP contribution < -0.4 is 11.1 Å². The van der Waals surface area contributed by atoms with E-state index in [1.807, 2.05) is 6.07 Å². The number of nitrogen functional groups attached to an aromatic ring is 1. The molecule has 18 heavy (non-hydrogen) atoms. The van der Waals surface area contributed by atoms with E-state index in [1.165, 1.54) is 38.5 Å². The lowest BCUT2D eigenvalue weighted by Crippen LogP contribution is -2.26. The average molecular weight is 247 g/mol. The summed E-state index contributed by atoms with van der Waals surface area (Å²) in [5.41, 5.74) is 7.61. The van der Waals surface area contributed by atoms with Gasteiger partial charge in [0, 0.05) is 6.04 Å². The predicted octanol–water partition coefficient (Wildman–Crippen LogP) is 3.74. The maximum absolute atomic E-state index is 5.72. The van der Waals surface area contributed by atoms with Crippen molar-refractivity contribution in [2.24, 2.45) is 5.92 Å². The SMILES string of the molecule is CCCC1CCC(Nc2ncc(N)cc2C)CC1. The van der Waals surface area contributed by atoms with Crippen LogP contribution in [0.3, 0.4) is 0 Å². The van der Waals surface area contributed by atoms with Crippen molar-refractivity contribution in [1.29, 1.82) is 0 Å². The number of hydrogen-bond donors (Lipinski definition) is 2. The number of aromatic nitrogens is 1. The predicted molar refractivity (Wildman–Crippen MR) is 77.7 cm³/mol. The van der Waals surface area contributed by atoms with Crippen molar-refractivity contribution in [2.45, 2.75) is 58.4 Å². The average Bonchev–Trinajstić information content (AvgIpc) is 2.35. The zero-order valence-electron chi connectivity index (χ0n) is 11.6. The molecule has 1 fully saturated rings. The van der Waals surface area contributed by atoms with Crippen molar-refractivity contribution in [2.75, 3.05) is 11.1 Å². The van der Waals surface area contributed by atoms with Crippen molar-refractivity contribution in [3.63, 3.8) is 0 Å². The molecule has 1 heterocycles. The number of nitrogens with zero attached hydrogens (tertiary/aromatic N) is 1. The summed E-state index contributed by atoms with van der Waals surface area (Å²) >= 11 is 0. The molecule has 1 aliphatic carbocycles. The molecule has 3 nitrogen and oxygen atoms in total. The van der Waals surface area contributed by atoms with Crippen LogP contribution in [0.2, 0.25) is 0 Å². The van der Waals surface area contributed by atoms with E-state index in [0.29, 0.717) is 6.04 Å². The Bertz CT molecular complexity index is 381. The Morgan fingerprint density at radius 1 is 1.33 bits per heavy atom. The first kappa shape index (κ1) is 13.2. The molecule has 0 aromatic carbocycles. The molecule has 100 valence electrons. The molecule has 0 atom stereocenters. The number of pyridine rings is 1. The molecule has 0 unspecified atom stereocenters. The molecule has 0 bridgehead atoms. The number of aryl methyl sites for hydroxylation is 1. The Hall–Kier alpha value is -1.25. The van der Waals surface area contributed by atoms with Crippen LogP contribution in [-0.4, -0.2) is 11.0 Å². The van der Waals surface area contributed by atoms with Gasteiger partial charge in [0.05, 0.1) is 11.9 Å². The molecule has 3 N–H and O–H groups in total. The number of nitrogens with one attached hydrogen (secondary N) is 1. The second-order valence-electron chi connectivity index (χ2n) is 5.58. The maximum atomic E-state index is 5.72. The molecule has 0 spiro atoms. The highest BCUT2D eigenvalue weighted by atomic mass is 15.0. The van der Waals surface area contributed by atoms with Gasteiger partial charge in [-0.15, -0.1) is 0 Å². The van der Waals surface area contributed by atoms with Crippen molar-refractivity contribution < 1.29 is 0 Å².